The highest BCUT2D eigenvalue weighted by Crippen LogP contribution is 2.38. The van der Waals surface area contributed by atoms with Crippen LogP contribution in [0.15, 0.2) is 42.5 Å². The van der Waals surface area contributed by atoms with E-state index in [-0.39, 0.29) is 29.0 Å². The van der Waals surface area contributed by atoms with Gasteiger partial charge in [-0.15, -0.1) is 0 Å². The molecule has 44 heavy (non-hydrogen) atoms. The molecule has 2 aromatic rings. The van der Waals surface area contributed by atoms with Gasteiger partial charge in [-0.25, -0.2) is 0 Å². The number of nitrogens with zero attached hydrogens (tertiary/aromatic N) is 2. The predicted octanol–water partition coefficient (Wildman–Crippen LogP) is 4.09. The van der Waals surface area contributed by atoms with Crippen LogP contribution in [0.1, 0.15) is 87.1 Å². The van der Waals surface area contributed by atoms with Crippen molar-refractivity contribution in [2.45, 2.75) is 94.9 Å². The summed E-state index contributed by atoms with van der Waals surface area (Å²) in [5, 5.41) is 26.9. The first kappa shape index (κ1) is 31.8. The molecule has 3 fully saturated rings. The van der Waals surface area contributed by atoms with E-state index in [2.05, 4.69) is 22.5 Å². The molecule has 2 saturated heterocycles. The minimum absolute atomic E-state index is 0.0438. The van der Waals surface area contributed by atoms with E-state index in [9.17, 15) is 24.6 Å². The highest BCUT2D eigenvalue weighted by atomic mass is 16.5. The average Bonchev–Trinajstić information content (AvgIpc) is 3.02. The molecule has 3 amide bonds. The Hall–Kier alpha value is -3.63. The molecule has 2 aliphatic heterocycles. The molecule has 238 valence electrons. The van der Waals surface area contributed by atoms with E-state index in [4.69, 9.17) is 4.74 Å². The Labute approximate surface area is 259 Å². The van der Waals surface area contributed by atoms with E-state index >= 15 is 0 Å². The molecule has 10 nitrogen and oxygen atoms in total. The van der Waals surface area contributed by atoms with Crippen LogP contribution in [0.4, 0.5) is 0 Å². The van der Waals surface area contributed by atoms with Crippen molar-refractivity contribution in [3.63, 3.8) is 0 Å². The van der Waals surface area contributed by atoms with Crippen LogP contribution in [0.2, 0.25) is 0 Å². The molecule has 1 saturated carbocycles. The van der Waals surface area contributed by atoms with Crippen LogP contribution < -0.4 is 15.4 Å². The van der Waals surface area contributed by atoms with Crippen LogP contribution in [0.5, 0.6) is 17.2 Å². The normalized spacial score (nSPS) is 21.6. The summed E-state index contributed by atoms with van der Waals surface area (Å²) in [6.45, 7) is 4.74. The third-order valence-corrected chi connectivity index (χ3v) is 9.60. The van der Waals surface area contributed by atoms with Gasteiger partial charge in [-0.2, -0.15) is 0 Å². The van der Waals surface area contributed by atoms with Crippen molar-refractivity contribution in [3.05, 3.63) is 53.6 Å². The number of aliphatic hydroxyl groups is 1. The van der Waals surface area contributed by atoms with E-state index in [0.29, 0.717) is 69.8 Å². The molecular weight excluding hydrogens is 560 g/mol. The summed E-state index contributed by atoms with van der Waals surface area (Å²) in [6.07, 6.45) is 7.61. The van der Waals surface area contributed by atoms with Gasteiger partial charge in [-0.05, 0) is 61.9 Å². The summed E-state index contributed by atoms with van der Waals surface area (Å²) in [6, 6.07) is 11.6. The number of carbonyl (C=O) groups excluding carboxylic acids is 3. The minimum atomic E-state index is -0.879. The van der Waals surface area contributed by atoms with Crippen molar-refractivity contribution in [2.75, 3.05) is 26.7 Å². The number of benzene rings is 2. The highest BCUT2D eigenvalue weighted by Gasteiger charge is 2.54. The number of hydrogen-bond donors (Lipinski definition) is 4. The number of piperazine rings is 1. The molecule has 2 aromatic carbocycles. The molecule has 0 unspecified atom stereocenters. The lowest BCUT2D eigenvalue weighted by Crippen LogP contribution is -2.73. The second kappa shape index (κ2) is 13.6. The van der Waals surface area contributed by atoms with Gasteiger partial charge in [0.15, 0.2) is 0 Å². The van der Waals surface area contributed by atoms with Crippen LogP contribution >= 0.6 is 0 Å². The molecule has 1 atom stereocenters. The Morgan fingerprint density at radius 3 is 2.34 bits per heavy atom. The van der Waals surface area contributed by atoms with Crippen LogP contribution in [0.25, 0.3) is 0 Å². The molecule has 3 aliphatic rings. The van der Waals surface area contributed by atoms with Crippen molar-refractivity contribution in [1.82, 2.24) is 20.4 Å². The number of phenolic OH excluding ortho intramolecular Hbond substituents is 1. The molecule has 2 heterocycles. The Morgan fingerprint density at radius 2 is 1.70 bits per heavy atom. The quantitative estimate of drug-likeness (QED) is 0.320. The van der Waals surface area contributed by atoms with E-state index in [1.54, 1.807) is 6.07 Å². The van der Waals surface area contributed by atoms with Gasteiger partial charge in [0.25, 0.3) is 5.91 Å². The second-order valence-electron chi connectivity index (χ2n) is 12.7. The van der Waals surface area contributed by atoms with Crippen molar-refractivity contribution in [2.24, 2.45) is 0 Å². The van der Waals surface area contributed by atoms with Gasteiger partial charge in [0.1, 0.15) is 28.8 Å². The smallest absolute Gasteiger partial charge is 0.254 e. The summed E-state index contributed by atoms with van der Waals surface area (Å²) in [7, 11) is 1.51. The van der Waals surface area contributed by atoms with Crippen LogP contribution in [-0.2, 0) is 16.1 Å². The summed E-state index contributed by atoms with van der Waals surface area (Å²) < 4.78 is 5.87. The number of amides is 3. The van der Waals surface area contributed by atoms with Gasteiger partial charge in [-0.3, -0.25) is 19.3 Å². The monoisotopic (exact) mass is 606 g/mol. The van der Waals surface area contributed by atoms with Gasteiger partial charge in [0.05, 0.1) is 11.2 Å². The number of nitrogens with one attached hydrogen (secondary N) is 2. The van der Waals surface area contributed by atoms with E-state index < -0.39 is 17.2 Å². The molecule has 1 aliphatic carbocycles. The molecule has 4 N–H and O–H groups in total. The zero-order valence-electron chi connectivity index (χ0n) is 25.9. The van der Waals surface area contributed by atoms with Crippen LogP contribution in [0, 0.1) is 0 Å². The SMILES string of the molecule is CCCCN1C(=O)[C@@H](CC2(O)CCCCC2)NC(=O)C12CCN(Cc1ccc(Oc3ccc(C(=O)NC)c(O)c3)cc1)CC2. The molecule has 1 spiro atoms. The molecule has 0 aromatic heterocycles. The fraction of sp³-hybridized carbons (Fsp3) is 0.559. The van der Waals surface area contributed by atoms with Crippen molar-refractivity contribution in [3.8, 4) is 17.2 Å². The maximum absolute atomic E-state index is 13.8. The maximum Gasteiger partial charge on any atom is 0.254 e. The number of carbonyl (C=O) groups is 3. The van der Waals surface area contributed by atoms with Gasteiger partial charge < -0.3 is 30.5 Å². The third kappa shape index (κ3) is 6.86. The number of ether oxygens (including phenoxy) is 1. The minimum Gasteiger partial charge on any atom is -0.507 e. The first-order valence-corrected chi connectivity index (χ1v) is 16.1. The number of rotatable bonds is 10. The summed E-state index contributed by atoms with van der Waals surface area (Å²) >= 11 is 0. The lowest BCUT2D eigenvalue weighted by Gasteiger charge is -2.52. The average molecular weight is 607 g/mol. The number of phenols is 1. The van der Waals surface area contributed by atoms with Crippen LogP contribution in [0.3, 0.4) is 0 Å². The highest BCUT2D eigenvalue weighted by molar-refractivity contribution is 6.00. The van der Waals surface area contributed by atoms with Crippen molar-refractivity contribution < 1.29 is 29.3 Å². The maximum atomic E-state index is 13.8. The number of unbranched alkanes of at least 4 members (excludes halogenated alkanes) is 1. The Morgan fingerprint density at radius 1 is 1.02 bits per heavy atom. The van der Waals surface area contributed by atoms with Gasteiger partial charge in [-0.1, -0.05) is 44.7 Å². The molecule has 0 radical (unpaired) electrons. The van der Waals surface area contributed by atoms with E-state index in [0.717, 1.165) is 37.7 Å². The lowest BCUT2D eigenvalue weighted by atomic mass is 9.77. The fourth-order valence-corrected chi connectivity index (χ4v) is 6.99. The molecule has 5 rings (SSSR count). The number of piperidine rings is 1. The van der Waals surface area contributed by atoms with Gasteiger partial charge in [0, 0.05) is 45.7 Å². The van der Waals surface area contributed by atoms with E-state index in [1.165, 1.54) is 19.2 Å². The second-order valence-corrected chi connectivity index (χ2v) is 12.7. The number of hydrogen-bond acceptors (Lipinski definition) is 7. The summed E-state index contributed by atoms with van der Waals surface area (Å²) in [4.78, 5) is 43.5. The number of aromatic hydroxyl groups is 1. The summed E-state index contributed by atoms with van der Waals surface area (Å²) in [5.74, 6) is 0.387. The van der Waals surface area contributed by atoms with Crippen LogP contribution in [-0.4, -0.2) is 81.6 Å². The topological polar surface area (TPSA) is 131 Å². The predicted molar refractivity (Wildman–Crippen MR) is 166 cm³/mol. The van der Waals surface area contributed by atoms with Gasteiger partial charge in [0.2, 0.25) is 11.8 Å². The van der Waals surface area contributed by atoms with Gasteiger partial charge >= 0.3 is 0 Å². The van der Waals surface area contributed by atoms with Crippen molar-refractivity contribution >= 4 is 17.7 Å². The zero-order valence-corrected chi connectivity index (χ0v) is 25.9. The molecular formula is C34H46N4O6. The third-order valence-electron chi connectivity index (χ3n) is 9.60. The summed E-state index contributed by atoms with van der Waals surface area (Å²) in [5.41, 5.74) is -0.445. The Bertz CT molecular complexity index is 1330. The van der Waals surface area contributed by atoms with Crippen molar-refractivity contribution in [1.29, 1.82) is 0 Å². The largest absolute Gasteiger partial charge is 0.507 e. The first-order chi connectivity index (χ1) is 21.2. The number of likely N-dealkylation sites (tertiary alicyclic amines) is 1. The zero-order chi connectivity index (χ0) is 31.3. The fourth-order valence-electron chi connectivity index (χ4n) is 6.99. The van der Waals surface area contributed by atoms with E-state index in [1.807, 2.05) is 29.2 Å². The molecule has 0 bridgehead atoms. The lowest BCUT2D eigenvalue weighted by molar-refractivity contribution is -0.163. The standard InChI is InChI=1S/C34H46N4O6/c1-3-4-18-38-31(41)28(22-33(43)14-6-5-7-15-33)36-32(42)34(38)16-19-37(20-17-34)23-24-8-10-25(11-9-24)44-26-12-13-27(29(39)21-26)30(40)35-2/h8-13,21,28,39,43H,3-7,14-20,22-23H2,1-2H3,(H,35,40)(H,36,42)/t28-/m1/s1. The molecule has 10 heteroatoms. The Balaban J connectivity index is 1.19. The Kier molecular flexibility index (Phi) is 9.80. The first-order valence-electron chi connectivity index (χ1n) is 16.1.